The lowest BCUT2D eigenvalue weighted by molar-refractivity contribution is 0.0683. The zero-order valence-electron chi connectivity index (χ0n) is 40.8. The largest absolute Gasteiger partial charge is 0.487 e. The number of aromatic carboxylic acids is 2. The lowest BCUT2D eigenvalue weighted by atomic mass is 10.1. The molecule has 0 bridgehead atoms. The van der Waals surface area contributed by atoms with Crippen molar-refractivity contribution in [2.24, 2.45) is 0 Å². The number of pyridine rings is 2. The van der Waals surface area contributed by atoms with Crippen LogP contribution < -0.4 is 40.3 Å². The monoisotopic (exact) mass is 982 g/mol. The molecule has 4 aliphatic heterocycles. The fourth-order valence-corrected chi connectivity index (χ4v) is 9.05. The highest BCUT2D eigenvalue weighted by Gasteiger charge is 2.33. The molecule has 2 saturated heterocycles. The van der Waals surface area contributed by atoms with Crippen molar-refractivity contribution in [2.45, 2.75) is 79.3 Å². The summed E-state index contributed by atoms with van der Waals surface area (Å²) in [6.07, 6.45) is 2.48. The molecule has 10 rings (SSSR count). The van der Waals surface area contributed by atoms with Gasteiger partial charge in [-0.1, -0.05) is 27.7 Å². The van der Waals surface area contributed by atoms with Crippen molar-refractivity contribution in [3.63, 3.8) is 0 Å². The predicted molar refractivity (Wildman–Crippen MR) is 262 cm³/mol. The van der Waals surface area contributed by atoms with Gasteiger partial charge in [0, 0.05) is 100 Å². The Labute approximate surface area is 406 Å². The standard InChI is InChI=1S/C25H28FN5O4.C13H9F2NO4.C12H20N4/c1-13(2)24-27-14(3)9-19(28-24)29-5-7-30(8-6-29)21-18(26)10-16-20-23(21)35-12-15(4)31(20)11-17(22(16)32)25(33)34;1-5-4-20-12-9(15)8(14)2-6-10(12)16(5)3-7(11(6)17)13(18)19;1-9(2)12-14-10(3)8-11(15-12)16-6-4-13-5-7-16/h9-11,13,15H,5-8,12H2,1-4H3,(H,33,34);2-3,5H,4H2,1H3,(H,18,19);8-9,13H,4-7H2,1-3H3/t15-;5-;/m00./s1. The van der Waals surface area contributed by atoms with E-state index < -0.39 is 45.8 Å². The topological polar surface area (TPSA) is 210 Å². The van der Waals surface area contributed by atoms with Gasteiger partial charge >= 0.3 is 11.9 Å². The van der Waals surface area contributed by atoms with E-state index in [9.17, 15) is 33.1 Å². The van der Waals surface area contributed by atoms with Gasteiger partial charge < -0.3 is 48.8 Å². The molecule has 3 N–H and O–H groups in total. The minimum atomic E-state index is -1.41. The molecule has 71 heavy (non-hydrogen) atoms. The first-order valence-corrected chi connectivity index (χ1v) is 23.6. The fourth-order valence-electron chi connectivity index (χ4n) is 9.05. The molecule has 4 aromatic heterocycles. The molecule has 2 aromatic carbocycles. The predicted octanol–water partition coefficient (Wildman–Crippen LogP) is 6.59. The van der Waals surface area contributed by atoms with Gasteiger partial charge in [0.25, 0.3) is 0 Å². The molecule has 21 heteroatoms. The van der Waals surface area contributed by atoms with Crippen LogP contribution in [0.1, 0.15) is 109 Å². The Morgan fingerprint density at radius 1 is 0.634 bits per heavy atom. The SMILES string of the molecule is C[C@H]1COc2c(F)c(F)cc3c(=O)c(C(=O)O)cn1c23.Cc1cc(N2CCN(c3c(F)cc4c(=O)c(C(=O)O)cn5c4c3OC[C@@H]5C)CC2)nc(C(C)C)n1.Cc1cc(N2CCNCC2)nc(C(C)C)n1. The van der Waals surface area contributed by atoms with Crippen LogP contribution in [0.4, 0.5) is 30.5 Å². The number of rotatable bonds is 7. The van der Waals surface area contributed by atoms with Crippen molar-refractivity contribution in [2.75, 3.05) is 80.3 Å². The number of carboxylic acids is 2. The average molecular weight is 983 g/mol. The molecule has 0 amide bonds. The number of anilines is 3. The van der Waals surface area contributed by atoms with Crippen LogP contribution in [0.3, 0.4) is 0 Å². The maximum Gasteiger partial charge on any atom is 0.341 e. The first-order valence-electron chi connectivity index (χ1n) is 23.6. The summed E-state index contributed by atoms with van der Waals surface area (Å²) in [5, 5.41) is 21.7. The summed E-state index contributed by atoms with van der Waals surface area (Å²) < 4.78 is 57.0. The lowest BCUT2D eigenvalue weighted by Gasteiger charge is -2.38. The molecule has 8 heterocycles. The minimum absolute atomic E-state index is 0.0176. The summed E-state index contributed by atoms with van der Waals surface area (Å²) in [6.45, 7) is 22.8. The van der Waals surface area contributed by atoms with Gasteiger partial charge in [0.1, 0.15) is 53.3 Å². The Hall–Kier alpha value is -7.29. The van der Waals surface area contributed by atoms with Gasteiger partial charge in [-0.15, -0.1) is 0 Å². The van der Waals surface area contributed by atoms with E-state index in [-0.39, 0.29) is 58.8 Å². The van der Waals surface area contributed by atoms with E-state index in [0.717, 1.165) is 73.1 Å². The van der Waals surface area contributed by atoms with Gasteiger partial charge in [0.05, 0.1) is 33.9 Å². The van der Waals surface area contributed by atoms with E-state index in [1.807, 2.05) is 31.7 Å². The van der Waals surface area contributed by atoms with Crippen LogP contribution in [0.25, 0.3) is 21.8 Å². The average Bonchev–Trinajstić information content (AvgIpc) is 3.33. The third kappa shape index (κ3) is 9.91. The maximum atomic E-state index is 15.5. The Balaban J connectivity index is 0.000000158. The van der Waals surface area contributed by atoms with Gasteiger partial charge in [-0.25, -0.2) is 38.3 Å². The second-order valence-corrected chi connectivity index (χ2v) is 18.8. The highest BCUT2D eigenvalue weighted by Crippen LogP contribution is 2.42. The summed E-state index contributed by atoms with van der Waals surface area (Å²) in [4.78, 5) is 72.3. The van der Waals surface area contributed by atoms with Crippen molar-refractivity contribution in [1.82, 2.24) is 34.4 Å². The second kappa shape index (κ2) is 20.2. The number of carboxylic acid groups (broad SMARTS) is 2. The lowest BCUT2D eigenvalue weighted by Crippen LogP contribution is -2.47. The molecule has 0 radical (unpaired) electrons. The van der Waals surface area contributed by atoms with Crippen molar-refractivity contribution in [3.05, 3.63) is 109 Å². The summed E-state index contributed by atoms with van der Waals surface area (Å²) in [6, 6.07) is 5.41. The van der Waals surface area contributed by atoms with Crippen LogP contribution >= 0.6 is 0 Å². The number of benzene rings is 2. The first-order chi connectivity index (χ1) is 33.7. The van der Waals surface area contributed by atoms with Crippen molar-refractivity contribution in [1.29, 1.82) is 0 Å². The summed E-state index contributed by atoms with van der Waals surface area (Å²) in [5.41, 5.74) is 0.367. The number of hydrogen-bond donors (Lipinski definition) is 3. The van der Waals surface area contributed by atoms with Gasteiger partial charge in [0.15, 0.2) is 23.1 Å². The molecule has 4 aliphatic rings. The molecule has 6 aromatic rings. The Bertz CT molecular complexity index is 3190. The van der Waals surface area contributed by atoms with E-state index in [0.29, 0.717) is 55.1 Å². The van der Waals surface area contributed by atoms with Crippen molar-refractivity contribution >= 4 is 51.1 Å². The number of nitrogens with zero attached hydrogens (tertiary/aromatic N) is 9. The highest BCUT2D eigenvalue weighted by atomic mass is 19.2. The number of halogens is 3. The number of hydrogen-bond acceptors (Lipinski definition) is 14. The van der Waals surface area contributed by atoms with Gasteiger partial charge in [-0.05, 0) is 39.8 Å². The van der Waals surface area contributed by atoms with Crippen LogP contribution in [0.15, 0.2) is 46.2 Å². The molecule has 376 valence electrons. The fraction of sp³-hybridized carbons (Fsp3) is 0.440. The van der Waals surface area contributed by atoms with E-state index in [4.69, 9.17) is 19.6 Å². The van der Waals surface area contributed by atoms with Crippen LogP contribution in [-0.2, 0) is 0 Å². The quantitative estimate of drug-likeness (QED) is 0.154. The second-order valence-electron chi connectivity index (χ2n) is 18.8. The normalized spacial score (nSPS) is 17.3. The number of aryl methyl sites for hydroxylation is 2. The third-order valence-corrected chi connectivity index (χ3v) is 12.8. The third-order valence-electron chi connectivity index (χ3n) is 12.8. The van der Waals surface area contributed by atoms with Crippen molar-refractivity contribution in [3.8, 4) is 11.5 Å². The van der Waals surface area contributed by atoms with Gasteiger partial charge in [0.2, 0.25) is 16.7 Å². The van der Waals surface area contributed by atoms with Crippen LogP contribution in [0.2, 0.25) is 0 Å². The molecule has 0 unspecified atom stereocenters. The molecule has 0 saturated carbocycles. The van der Waals surface area contributed by atoms with Crippen LogP contribution in [0.5, 0.6) is 11.5 Å². The van der Waals surface area contributed by atoms with Gasteiger partial charge in [-0.3, -0.25) is 9.59 Å². The maximum absolute atomic E-state index is 15.5. The van der Waals surface area contributed by atoms with E-state index >= 15 is 4.39 Å². The van der Waals surface area contributed by atoms with E-state index in [2.05, 4.69) is 63.8 Å². The van der Waals surface area contributed by atoms with Gasteiger partial charge in [-0.2, -0.15) is 4.39 Å². The smallest absolute Gasteiger partial charge is 0.341 e. The van der Waals surface area contributed by atoms with E-state index in [1.165, 1.54) is 10.8 Å². The van der Waals surface area contributed by atoms with Crippen LogP contribution in [-0.4, -0.2) is 117 Å². The Morgan fingerprint density at radius 2 is 1.06 bits per heavy atom. The molecule has 0 spiro atoms. The Morgan fingerprint density at radius 3 is 1.52 bits per heavy atom. The number of ether oxygens (including phenoxy) is 2. The summed E-state index contributed by atoms with van der Waals surface area (Å²) in [7, 11) is 0. The Kier molecular flexibility index (Phi) is 14.3. The van der Waals surface area contributed by atoms with Crippen molar-refractivity contribution < 1.29 is 42.4 Å². The zero-order valence-corrected chi connectivity index (χ0v) is 40.8. The molecule has 2 atom stereocenters. The summed E-state index contributed by atoms with van der Waals surface area (Å²) >= 11 is 0. The minimum Gasteiger partial charge on any atom is -0.487 e. The highest BCUT2D eigenvalue weighted by molar-refractivity contribution is 5.97. The molecule has 0 aliphatic carbocycles. The number of piperazine rings is 2. The first kappa shape index (κ1) is 50.1. The zero-order chi connectivity index (χ0) is 51.2. The number of nitrogens with one attached hydrogen (secondary N) is 1. The summed E-state index contributed by atoms with van der Waals surface area (Å²) in [5.74, 6) is -1.52. The van der Waals surface area contributed by atoms with E-state index in [1.54, 1.807) is 11.5 Å². The van der Waals surface area contributed by atoms with Crippen LogP contribution in [0, 0.1) is 31.3 Å². The molecule has 2 fully saturated rings. The molecular formula is C50H57F3N10O8. The number of carbonyl (C=O) groups is 2. The number of aromatic nitrogens is 6. The molecule has 18 nitrogen and oxygen atoms in total. The molecular weight excluding hydrogens is 926 g/mol.